The highest BCUT2D eigenvalue weighted by molar-refractivity contribution is 5.71. The number of carbonyl (C=O) groups is 3. The van der Waals surface area contributed by atoms with Crippen molar-refractivity contribution in [2.45, 2.75) is 361 Å². The molecular weight excluding hydrogens is 973 g/mol. The fourth-order valence-electron chi connectivity index (χ4n) is 10.0. The number of hydrogen-bond acceptors (Lipinski definition) is 6. The molecule has 458 valence electrons. The van der Waals surface area contributed by atoms with Gasteiger partial charge in [0.25, 0.3) is 0 Å². The molecule has 0 aliphatic carbocycles. The number of unbranched alkanes of at least 4 members (excludes halogenated alkanes) is 40. The average Bonchev–Trinajstić information content (AvgIpc) is 3.45. The Balaban J connectivity index is 4.28. The molecule has 1 atom stereocenters. The van der Waals surface area contributed by atoms with Crippen LogP contribution in [0.5, 0.6) is 0 Å². The van der Waals surface area contributed by atoms with Crippen molar-refractivity contribution < 1.29 is 28.6 Å². The molecule has 0 heterocycles. The normalized spacial score (nSPS) is 12.5. The van der Waals surface area contributed by atoms with Crippen LogP contribution >= 0.6 is 0 Å². The molecule has 0 N–H and O–H groups in total. The Kier molecular flexibility index (Phi) is 64.7. The molecule has 1 unspecified atom stereocenters. The van der Waals surface area contributed by atoms with E-state index in [0.29, 0.717) is 19.3 Å². The molecule has 79 heavy (non-hydrogen) atoms. The molecular formula is C73H130O6. The zero-order valence-corrected chi connectivity index (χ0v) is 52.6. The van der Waals surface area contributed by atoms with Crippen molar-refractivity contribution in [3.8, 4) is 0 Å². The zero-order chi connectivity index (χ0) is 57.1. The van der Waals surface area contributed by atoms with E-state index in [2.05, 4.69) is 93.7 Å². The lowest BCUT2D eigenvalue weighted by Crippen LogP contribution is -2.30. The summed E-state index contributed by atoms with van der Waals surface area (Å²) in [7, 11) is 0. The summed E-state index contributed by atoms with van der Waals surface area (Å²) < 4.78 is 17.0. The Morgan fingerprint density at radius 3 is 0.797 bits per heavy atom. The highest BCUT2D eigenvalue weighted by atomic mass is 16.6. The second-order valence-electron chi connectivity index (χ2n) is 23.1. The van der Waals surface area contributed by atoms with Gasteiger partial charge in [0.15, 0.2) is 6.10 Å². The molecule has 6 nitrogen and oxygen atoms in total. The van der Waals surface area contributed by atoms with Crippen molar-refractivity contribution in [2.24, 2.45) is 0 Å². The first-order valence-electron chi connectivity index (χ1n) is 34.4. The van der Waals surface area contributed by atoms with Crippen LogP contribution in [0, 0.1) is 0 Å². The monoisotopic (exact) mass is 1100 g/mol. The first-order valence-corrected chi connectivity index (χ1v) is 34.4. The summed E-state index contributed by atoms with van der Waals surface area (Å²) in [5.41, 5.74) is 0. The lowest BCUT2D eigenvalue weighted by molar-refractivity contribution is -0.167. The van der Waals surface area contributed by atoms with Gasteiger partial charge >= 0.3 is 17.9 Å². The highest BCUT2D eigenvalue weighted by Gasteiger charge is 2.19. The Hall–Kier alpha value is -3.15. The number of carbonyl (C=O) groups excluding carboxylic acids is 3. The van der Waals surface area contributed by atoms with E-state index < -0.39 is 6.10 Å². The van der Waals surface area contributed by atoms with E-state index in [1.807, 2.05) is 0 Å². The molecule has 0 saturated heterocycles. The summed E-state index contributed by atoms with van der Waals surface area (Å²) in [4.78, 5) is 38.4. The van der Waals surface area contributed by atoms with Crippen LogP contribution in [0.3, 0.4) is 0 Å². The van der Waals surface area contributed by atoms with Crippen LogP contribution < -0.4 is 0 Å². The Bertz CT molecular complexity index is 1450. The van der Waals surface area contributed by atoms with Crippen molar-refractivity contribution >= 4 is 17.9 Å². The molecule has 0 aromatic carbocycles. The minimum atomic E-state index is -0.782. The fraction of sp³-hybridized carbons (Fsp3) is 0.795. The fourth-order valence-corrected chi connectivity index (χ4v) is 10.0. The molecule has 0 spiro atoms. The van der Waals surface area contributed by atoms with Gasteiger partial charge in [-0.2, -0.15) is 0 Å². The van der Waals surface area contributed by atoms with Gasteiger partial charge in [-0.05, 0) is 109 Å². The average molecular weight is 1100 g/mol. The van der Waals surface area contributed by atoms with Crippen molar-refractivity contribution in [1.29, 1.82) is 0 Å². The summed E-state index contributed by atoms with van der Waals surface area (Å²) in [5, 5.41) is 0. The number of allylic oxidation sites excluding steroid dienone is 12. The maximum Gasteiger partial charge on any atom is 0.306 e. The van der Waals surface area contributed by atoms with Gasteiger partial charge in [-0.25, -0.2) is 0 Å². The van der Waals surface area contributed by atoms with E-state index in [1.165, 1.54) is 225 Å². The van der Waals surface area contributed by atoms with E-state index in [1.54, 1.807) is 0 Å². The molecule has 0 aromatic heterocycles. The molecule has 0 amide bonds. The Morgan fingerprint density at radius 2 is 0.494 bits per heavy atom. The van der Waals surface area contributed by atoms with Crippen LogP contribution in [0.4, 0.5) is 0 Å². The van der Waals surface area contributed by atoms with Crippen LogP contribution in [-0.2, 0) is 28.6 Å². The third kappa shape index (κ3) is 65.5. The second kappa shape index (κ2) is 67.4. The molecule has 0 radical (unpaired) electrons. The van der Waals surface area contributed by atoms with Crippen LogP contribution in [0.15, 0.2) is 72.9 Å². The van der Waals surface area contributed by atoms with Gasteiger partial charge in [-0.3, -0.25) is 14.4 Å². The van der Waals surface area contributed by atoms with E-state index in [0.717, 1.165) is 89.9 Å². The van der Waals surface area contributed by atoms with Gasteiger partial charge in [-0.15, -0.1) is 0 Å². The third-order valence-electron chi connectivity index (χ3n) is 15.2. The van der Waals surface area contributed by atoms with E-state index in [9.17, 15) is 14.4 Å². The van der Waals surface area contributed by atoms with Crippen LogP contribution in [0.2, 0.25) is 0 Å². The van der Waals surface area contributed by atoms with E-state index in [4.69, 9.17) is 14.2 Å². The van der Waals surface area contributed by atoms with Crippen molar-refractivity contribution in [3.05, 3.63) is 72.9 Å². The summed E-state index contributed by atoms with van der Waals surface area (Å²) in [5.74, 6) is -0.873. The minimum Gasteiger partial charge on any atom is -0.462 e. The molecule has 0 rings (SSSR count). The zero-order valence-electron chi connectivity index (χ0n) is 52.6. The number of ether oxygens (including phenoxy) is 3. The molecule has 6 heteroatoms. The van der Waals surface area contributed by atoms with Gasteiger partial charge in [0.1, 0.15) is 13.2 Å². The SMILES string of the molecule is CC/C=C\C/C=C\C/C=C\C/C=C\CCCCCCCCCCCCC(=O)OC(COC(=O)CCCCCCC/C=C\CCCCCC)COC(=O)CCCCCCCCCCCCCCC/C=C\CCCCCCCCCC. The number of esters is 3. The topological polar surface area (TPSA) is 78.9 Å². The van der Waals surface area contributed by atoms with Crippen molar-refractivity contribution in [3.63, 3.8) is 0 Å². The van der Waals surface area contributed by atoms with Gasteiger partial charge in [-0.1, -0.05) is 299 Å². The maximum absolute atomic E-state index is 12.9. The highest BCUT2D eigenvalue weighted by Crippen LogP contribution is 2.17. The van der Waals surface area contributed by atoms with Crippen LogP contribution in [-0.4, -0.2) is 37.2 Å². The van der Waals surface area contributed by atoms with Gasteiger partial charge < -0.3 is 14.2 Å². The minimum absolute atomic E-state index is 0.0771. The Labute approximate surface area is 491 Å². The quantitative estimate of drug-likeness (QED) is 0.0261. The first-order chi connectivity index (χ1) is 39.0. The molecule has 0 aliphatic heterocycles. The van der Waals surface area contributed by atoms with Gasteiger partial charge in [0, 0.05) is 19.3 Å². The van der Waals surface area contributed by atoms with E-state index >= 15 is 0 Å². The molecule has 0 saturated carbocycles. The summed E-state index contributed by atoms with van der Waals surface area (Å²) in [6.45, 7) is 6.55. The summed E-state index contributed by atoms with van der Waals surface area (Å²) >= 11 is 0. The maximum atomic E-state index is 12.9. The van der Waals surface area contributed by atoms with Crippen LogP contribution in [0.1, 0.15) is 355 Å². The lowest BCUT2D eigenvalue weighted by Gasteiger charge is -2.18. The van der Waals surface area contributed by atoms with Gasteiger partial charge in [0.2, 0.25) is 0 Å². The first kappa shape index (κ1) is 75.8. The molecule has 0 fully saturated rings. The molecule has 0 aliphatic rings. The largest absolute Gasteiger partial charge is 0.462 e. The smallest absolute Gasteiger partial charge is 0.306 e. The summed E-state index contributed by atoms with van der Waals surface area (Å²) in [6, 6.07) is 0. The van der Waals surface area contributed by atoms with Crippen molar-refractivity contribution in [2.75, 3.05) is 13.2 Å². The number of hydrogen-bond donors (Lipinski definition) is 0. The summed E-state index contributed by atoms with van der Waals surface area (Å²) in [6.07, 6.45) is 87.8. The van der Waals surface area contributed by atoms with Gasteiger partial charge in [0.05, 0.1) is 0 Å². The van der Waals surface area contributed by atoms with Crippen LogP contribution in [0.25, 0.3) is 0 Å². The molecule has 0 bridgehead atoms. The lowest BCUT2D eigenvalue weighted by atomic mass is 10.0. The number of rotatable bonds is 63. The van der Waals surface area contributed by atoms with E-state index in [-0.39, 0.29) is 31.1 Å². The molecule has 0 aromatic rings. The Morgan fingerprint density at radius 1 is 0.266 bits per heavy atom. The standard InChI is InChI=1S/C73H130O6/c1-4-7-10-13-16-19-22-25-27-29-31-33-35-36-38-39-41-43-45-48-51-54-57-60-63-66-72(75)78-69-70(68-77-71(74)65-62-59-56-53-50-47-24-21-18-15-12-9-6-3)79-73(76)67-64-61-58-55-52-49-46-44-42-40-37-34-32-30-28-26-23-20-17-14-11-8-5-2/h8,11,17,20-21,24,26,28-29,31-32,34,70H,4-7,9-10,12-16,18-19,22-23,25,27,30,33,35-69H2,1-3H3/b11-8-,20-17-,24-21-,28-26-,31-29-,34-32-. The second-order valence-corrected chi connectivity index (χ2v) is 23.1. The van der Waals surface area contributed by atoms with Crippen molar-refractivity contribution in [1.82, 2.24) is 0 Å². The predicted molar refractivity (Wildman–Crippen MR) is 344 cm³/mol. The third-order valence-corrected chi connectivity index (χ3v) is 15.2. The predicted octanol–water partition coefficient (Wildman–Crippen LogP) is 23.7.